The maximum absolute atomic E-state index is 8.70. The SMILES string of the molecule is N#Cc1ccc(N2CCC[C@H](N)C2)cc1. The van der Waals surface area contributed by atoms with E-state index in [9.17, 15) is 0 Å². The van der Waals surface area contributed by atoms with Gasteiger partial charge in [-0.1, -0.05) is 0 Å². The van der Waals surface area contributed by atoms with Gasteiger partial charge in [-0.3, -0.25) is 0 Å². The van der Waals surface area contributed by atoms with Gasteiger partial charge in [0, 0.05) is 24.8 Å². The van der Waals surface area contributed by atoms with Crippen molar-refractivity contribution in [1.82, 2.24) is 0 Å². The van der Waals surface area contributed by atoms with E-state index in [1.54, 1.807) is 0 Å². The highest BCUT2D eigenvalue weighted by molar-refractivity contribution is 5.50. The van der Waals surface area contributed by atoms with Crippen LogP contribution in [-0.2, 0) is 0 Å². The Morgan fingerprint density at radius 1 is 1.33 bits per heavy atom. The van der Waals surface area contributed by atoms with Crippen molar-refractivity contribution in [3.05, 3.63) is 29.8 Å². The molecule has 2 N–H and O–H groups in total. The number of rotatable bonds is 1. The van der Waals surface area contributed by atoms with Crippen LogP contribution in [0.4, 0.5) is 5.69 Å². The molecule has 0 aromatic heterocycles. The molecule has 0 aliphatic carbocycles. The van der Waals surface area contributed by atoms with Gasteiger partial charge in [0.25, 0.3) is 0 Å². The standard InChI is InChI=1S/C12H15N3/c13-8-10-3-5-12(6-4-10)15-7-1-2-11(14)9-15/h3-6,11H,1-2,7,9,14H2/t11-/m0/s1. The Morgan fingerprint density at radius 3 is 2.67 bits per heavy atom. The van der Waals surface area contributed by atoms with Crippen molar-refractivity contribution in [3.63, 3.8) is 0 Å². The summed E-state index contributed by atoms with van der Waals surface area (Å²) in [6, 6.07) is 10.1. The summed E-state index contributed by atoms with van der Waals surface area (Å²) in [5.41, 5.74) is 7.80. The lowest BCUT2D eigenvalue weighted by atomic mass is 10.1. The lowest BCUT2D eigenvalue weighted by molar-refractivity contribution is 0.506. The number of piperidine rings is 1. The molecule has 3 nitrogen and oxygen atoms in total. The van der Waals surface area contributed by atoms with E-state index in [4.69, 9.17) is 11.0 Å². The van der Waals surface area contributed by atoms with Crippen molar-refractivity contribution >= 4 is 5.69 Å². The quantitative estimate of drug-likeness (QED) is 0.749. The van der Waals surface area contributed by atoms with E-state index in [1.165, 1.54) is 5.69 Å². The van der Waals surface area contributed by atoms with E-state index in [0.29, 0.717) is 5.56 Å². The molecule has 1 heterocycles. The Kier molecular flexibility index (Phi) is 2.89. The van der Waals surface area contributed by atoms with Crippen molar-refractivity contribution in [1.29, 1.82) is 5.26 Å². The van der Waals surface area contributed by atoms with Gasteiger partial charge in [0.05, 0.1) is 11.6 Å². The van der Waals surface area contributed by atoms with Gasteiger partial charge in [0.15, 0.2) is 0 Å². The fourth-order valence-electron chi connectivity index (χ4n) is 1.99. The van der Waals surface area contributed by atoms with Crippen LogP contribution >= 0.6 is 0 Å². The highest BCUT2D eigenvalue weighted by Crippen LogP contribution is 2.19. The summed E-state index contributed by atoms with van der Waals surface area (Å²) in [6.45, 7) is 1.99. The highest BCUT2D eigenvalue weighted by atomic mass is 15.1. The van der Waals surface area contributed by atoms with Gasteiger partial charge in [-0.05, 0) is 37.1 Å². The van der Waals surface area contributed by atoms with Gasteiger partial charge in [-0.25, -0.2) is 0 Å². The van der Waals surface area contributed by atoms with Gasteiger partial charge < -0.3 is 10.6 Å². The summed E-state index contributed by atoms with van der Waals surface area (Å²) in [7, 11) is 0. The fourth-order valence-corrected chi connectivity index (χ4v) is 1.99. The average Bonchev–Trinajstić information content (AvgIpc) is 2.29. The van der Waals surface area contributed by atoms with Crippen LogP contribution in [0.1, 0.15) is 18.4 Å². The molecular weight excluding hydrogens is 186 g/mol. The van der Waals surface area contributed by atoms with Gasteiger partial charge >= 0.3 is 0 Å². The second-order valence-electron chi connectivity index (χ2n) is 4.01. The van der Waals surface area contributed by atoms with Gasteiger partial charge in [0.2, 0.25) is 0 Å². The molecule has 2 rings (SSSR count). The third-order valence-corrected chi connectivity index (χ3v) is 2.82. The number of nitrogens with zero attached hydrogens (tertiary/aromatic N) is 2. The summed E-state index contributed by atoms with van der Waals surface area (Å²) in [5.74, 6) is 0. The lowest BCUT2D eigenvalue weighted by Gasteiger charge is -2.32. The van der Waals surface area contributed by atoms with Crippen molar-refractivity contribution in [2.75, 3.05) is 18.0 Å². The second kappa shape index (κ2) is 4.33. The molecule has 0 bridgehead atoms. The number of nitriles is 1. The first-order chi connectivity index (χ1) is 7.29. The van der Waals surface area contributed by atoms with E-state index < -0.39 is 0 Å². The molecule has 1 aliphatic heterocycles. The van der Waals surface area contributed by atoms with Gasteiger partial charge in [0.1, 0.15) is 0 Å². The molecule has 1 aliphatic rings. The van der Waals surface area contributed by atoms with Crippen LogP contribution in [0.5, 0.6) is 0 Å². The minimum atomic E-state index is 0.286. The minimum absolute atomic E-state index is 0.286. The molecule has 1 fully saturated rings. The van der Waals surface area contributed by atoms with Crippen molar-refractivity contribution in [2.45, 2.75) is 18.9 Å². The maximum Gasteiger partial charge on any atom is 0.0991 e. The molecule has 0 amide bonds. The van der Waals surface area contributed by atoms with E-state index in [-0.39, 0.29) is 6.04 Å². The van der Waals surface area contributed by atoms with Crippen molar-refractivity contribution in [3.8, 4) is 6.07 Å². The molecule has 1 aromatic rings. The molecule has 3 heteroatoms. The third kappa shape index (κ3) is 2.28. The molecule has 0 saturated carbocycles. The van der Waals surface area contributed by atoms with E-state index in [1.807, 2.05) is 24.3 Å². The molecule has 15 heavy (non-hydrogen) atoms. The molecule has 1 atom stereocenters. The summed E-state index contributed by atoms with van der Waals surface area (Å²) in [4.78, 5) is 2.29. The molecule has 0 spiro atoms. The average molecular weight is 201 g/mol. The van der Waals surface area contributed by atoms with E-state index in [2.05, 4.69) is 11.0 Å². The Bertz CT molecular complexity index is 363. The predicted molar refractivity (Wildman–Crippen MR) is 60.6 cm³/mol. The zero-order valence-corrected chi connectivity index (χ0v) is 8.69. The Hall–Kier alpha value is -1.53. The van der Waals surface area contributed by atoms with Crippen molar-refractivity contribution < 1.29 is 0 Å². The normalized spacial score (nSPS) is 21.1. The lowest BCUT2D eigenvalue weighted by Crippen LogP contribution is -2.42. The topological polar surface area (TPSA) is 53.0 Å². The smallest absolute Gasteiger partial charge is 0.0991 e. The number of hydrogen-bond acceptors (Lipinski definition) is 3. The molecular formula is C12H15N3. The van der Waals surface area contributed by atoms with Crippen LogP contribution in [0, 0.1) is 11.3 Å². The highest BCUT2D eigenvalue weighted by Gasteiger charge is 2.16. The van der Waals surface area contributed by atoms with Gasteiger partial charge in [-0.15, -0.1) is 0 Å². The number of nitrogens with two attached hydrogens (primary N) is 1. The monoisotopic (exact) mass is 201 g/mol. The number of hydrogen-bond donors (Lipinski definition) is 1. The Labute approximate surface area is 90.1 Å². The summed E-state index contributed by atoms with van der Waals surface area (Å²) in [6.07, 6.45) is 2.27. The summed E-state index contributed by atoms with van der Waals surface area (Å²) in [5, 5.41) is 8.70. The van der Waals surface area contributed by atoms with Gasteiger partial charge in [-0.2, -0.15) is 5.26 Å². The first kappa shape index (κ1) is 10.0. The van der Waals surface area contributed by atoms with Crippen LogP contribution in [0.25, 0.3) is 0 Å². The third-order valence-electron chi connectivity index (χ3n) is 2.82. The van der Waals surface area contributed by atoms with Crippen molar-refractivity contribution in [2.24, 2.45) is 5.73 Å². The largest absolute Gasteiger partial charge is 0.370 e. The first-order valence-electron chi connectivity index (χ1n) is 5.30. The van der Waals surface area contributed by atoms with E-state index in [0.717, 1.165) is 25.9 Å². The van der Waals surface area contributed by atoms with Crippen LogP contribution in [0.3, 0.4) is 0 Å². The van der Waals surface area contributed by atoms with Crippen LogP contribution in [0.2, 0.25) is 0 Å². The maximum atomic E-state index is 8.70. The zero-order chi connectivity index (χ0) is 10.7. The molecule has 1 aromatic carbocycles. The molecule has 0 radical (unpaired) electrons. The molecule has 0 unspecified atom stereocenters. The van der Waals surface area contributed by atoms with Crippen LogP contribution in [0.15, 0.2) is 24.3 Å². The second-order valence-corrected chi connectivity index (χ2v) is 4.01. The van der Waals surface area contributed by atoms with Crippen LogP contribution < -0.4 is 10.6 Å². The predicted octanol–water partition coefficient (Wildman–Crippen LogP) is 1.49. The summed E-state index contributed by atoms with van der Waals surface area (Å²) < 4.78 is 0. The number of anilines is 1. The fraction of sp³-hybridized carbons (Fsp3) is 0.417. The first-order valence-corrected chi connectivity index (χ1v) is 5.30. The van der Waals surface area contributed by atoms with E-state index >= 15 is 0 Å². The number of benzene rings is 1. The summed E-state index contributed by atoms with van der Waals surface area (Å²) >= 11 is 0. The Balaban J connectivity index is 2.12. The zero-order valence-electron chi connectivity index (χ0n) is 8.69. The Morgan fingerprint density at radius 2 is 2.07 bits per heavy atom. The van der Waals surface area contributed by atoms with Crippen LogP contribution in [-0.4, -0.2) is 19.1 Å². The molecule has 78 valence electrons. The molecule has 1 saturated heterocycles. The minimum Gasteiger partial charge on any atom is -0.370 e.